The van der Waals surface area contributed by atoms with E-state index in [4.69, 9.17) is 0 Å². The molecular weight excluding hydrogens is 436 g/mol. The number of allylic oxidation sites excluding steroid dienone is 1. The van der Waals surface area contributed by atoms with E-state index >= 15 is 0 Å². The van der Waals surface area contributed by atoms with E-state index in [2.05, 4.69) is 23.2 Å². The fourth-order valence-electron chi connectivity index (χ4n) is 3.16. The van der Waals surface area contributed by atoms with Gasteiger partial charge in [-0.1, -0.05) is 61.2 Å². The van der Waals surface area contributed by atoms with Crippen molar-refractivity contribution in [1.82, 2.24) is 0 Å². The summed E-state index contributed by atoms with van der Waals surface area (Å²) in [6.45, 7) is 5.14. The van der Waals surface area contributed by atoms with Gasteiger partial charge in [0.2, 0.25) is 0 Å². The number of sulfone groups is 2. The molecule has 1 atom stereocenters. The largest absolute Gasteiger partial charge is 0.468 e. The maximum absolute atomic E-state index is 13.9. The zero-order valence-electron chi connectivity index (χ0n) is 17.3. The Bertz CT molecular complexity index is 1120. The van der Waals surface area contributed by atoms with Crippen LogP contribution in [0, 0.1) is 17.8 Å². The Labute approximate surface area is 183 Å². The molecule has 0 aliphatic carbocycles. The highest BCUT2D eigenvalue weighted by Crippen LogP contribution is 2.44. The summed E-state index contributed by atoms with van der Waals surface area (Å²) in [6.07, 6.45) is 0.459. The summed E-state index contributed by atoms with van der Waals surface area (Å²) in [5.74, 6) is 3.51. The van der Waals surface area contributed by atoms with Crippen LogP contribution in [0.5, 0.6) is 0 Å². The number of carbonyl (C=O) groups excluding carboxylic acids is 1. The van der Waals surface area contributed by atoms with E-state index in [0.717, 1.165) is 0 Å². The smallest absolute Gasteiger partial charge is 0.317 e. The van der Waals surface area contributed by atoms with Crippen LogP contribution in [0.1, 0.15) is 19.8 Å². The first-order chi connectivity index (χ1) is 14.6. The second kappa shape index (κ2) is 9.94. The number of rotatable bonds is 8. The predicted octanol–water partition coefficient (Wildman–Crippen LogP) is 3.41. The lowest BCUT2D eigenvalue weighted by atomic mass is 10.0. The summed E-state index contributed by atoms with van der Waals surface area (Å²) in [6, 6.07) is 14.8. The van der Waals surface area contributed by atoms with E-state index in [0.29, 0.717) is 0 Å². The average molecular weight is 461 g/mol. The molecule has 0 aliphatic heterocycles. The van der Waals surface area contributed by atoms with Gasteiger partial charge in [-0.2, -0.15) is 0 Å². The van der Waals surface area contributed by atoms with E-state index < -0.39 is 42.1 Å². The Kier molecular flexibility index (Phi) is 7.82. The van der Waals surface area contributed by atoms with E-state index in [9.17, 15) is 21.6 Å². The molecule has 0 spiro atoms. The average Bonchev–Trinajstić information content (AvgIpc) is 2.79. The lowest BCUT2D eigenvalue weighted by Crippen LogP contribution is -2.50. The first-order valence-corrected chi connectivity index (χ1v) is 12.4. The van der Waals surface area contributed by atoms with Gasteiger partial charge < -0.3 is 4.74 Å². The SMILES string of the molecule is C=CC(C)C(CC#CCC(=O)OC)(S(=O)(=O)c1ccccc1)S(=O)(=O)c1ccccc1. The minimum atomic E-state index is -4.46. The van der Waals surface area contributed by atoms with Crippen LogP contribution in [0.3, 0.4) is 0 Å². The van der Waals surface area contributed by atoms with Gasteiger partial charge in [-0.05, 0) is 24.3 Å². The first kappa shape index (κ1) is 24.4. The van der Waals surface area contributed by atoms with E-state index in [1.54, 1.807) is 12.1 Å². The molecule has 0 N–H and O–H groups in total. The third-order valence-electron chi connectivity index (χ3n) is 4.98. The van der Waals surface area contributed by atoms with Gasteiger partial charge in [0.05, 0.1) is 16.9 Å². The molecule has 0 radical (unpaired) electrons. The standard InChI is InChI=1S/C23H24O6S2/c1-4-19(2)23(18-12-11-17-22(24)29-3,30(25,26)20-13-7-5-8-14-20)31(27,28)21-15-9-6-10-16-21/h4-10,13-16,19H,1,17-18H2,2-3H3. The van der Waals surface area contributed by atoms with Crippen LogP contribution in [0.4, 0.5) is 0 Å². The summed E-state index contributed by atoms with van der Waals surface area (Å²) in [7, 11) is -7.73. The second-order valence-corrected chi connectivity index (χ2v) is 11.4. The van der Waals surface area contributed by atoms with Crippen molar-refractivity contribution in [1.29, 1.82) is 0 Å². The van der Waals surface area contributed by atoms with Gasteiger partial charge in [-0.3, -0.25) is 4.79 Å². The van der Waals surface area contributed by atoms with Gasteiger partial charge in [0.15, 0.2) is 23.8 Å². The van der Waals surface area contributed by atoms with Crippen LogP contribution in [-0.2, 0) is 29.2 Å². The minimum absolute atomic E-state index is 0.141. The van der Waals surface area contributed by atoms with Gasteiger partial charge in [0, 0.05) is 12.3 Å². The van der Waals surface area contributed by atoms with Crippen LogP contribution in [0.25, 0.3) is 0 Å². The summed E-state index contributed by atoms with van der Waals surface area (Å²) in [4.78, 5) is 11.1. The Morgan fingerprint density at radius 3 is 1.81 bits per heavy atom. The van der Waals surface area contributed by atoms with Crippen molar-refractivity contribution in [2.45, 2.75) is 33.6 Å². The van der Waals surface area contributed by atoms with Crippen LogP contribution in [-0.4, -0.2) is 34.0 Å². The predicted molar refractivity (Wildman–Crippen MR) is 118 cm³/mol. The Balaban J connectivity index is 2.83. The molecule has 31 heavy (non-hydrogen) atoms. The van der Waals surface area contributed by atoms with E-state index in [1.165, 1.54) is 68.6 Å². The number of ether oxygens (including phenoxy) is 1. The minimum Gasteiger partial charge on any atom is -0.468 e. The molecule has 0 aliphatic rings. The van der Waals surface area contributed by atoms with Crippen molar-refractivity contribution >= 4 is 25.6 Å². The van der Waals surface area contributed by atoms with Gasteiger partial charge in [0.25, 0.3) is 0 Å². The highest BCUT2D eigenvalue weighted by Gasteiger charge is 2.58. The van der Waals surface area contributed by atoms with Gasteiger partial charge in [0.1, 0.15) is 6.42 Å². The fraction of sp³-hybridized carbons (Fsp3) is 0.261. The molecule has 0 heterocycles. The third-order valence-corrected chi connectivity index (χ3v) is 10.9. The third kappa shape index (κ3) is 4.58. The lowest BCUT2D eigenvalue weighted by Gasteiger charge is -2.35. The van der Waals surface area contributed by atoms with Crippen molar-refractivity contribution in [2.75, 3.05) is 7.11 Å². The van der Waals surface area contributed by atoms with Gasteiger partial charge in [-0.25, -0.2) is 16.8 Å². The molecular formula is C23H24O6S2. The van der Waals surface area contributed by atoms with Gasteiger partial charge in [-0.15, -0.1) is 6.58 Å². The van der Waals surface area contributed by atoms with Crippen LogP contribution in [0.15, 0.2) is 83.1 Å². The van der Waals surface area contributed by atoms with E-state index in [1.807, 2.05) is 0 Å². The van der Waals surface area contributed by atoms with Gasteiger partial charge >= 0.3 is 5.97 Å². The highest BCUT2D eigenvalue weighted by atomic mass is 32.3. The molecule has 0 amide bonds. The molecule has 2 aromatic rings. The molecule has 2 rings (SSSR count). The molecule has 0 saturated carbocycles. The van der Waals surface area contributed by atoms with Crippen molar-refractivity contribution in [2.24, 2.45) is 5.92 Å². The Hall–Kier alpha value is -2.89. The maximum Gasteiger partial charge on any atom is 0.317 e. The molecule has 8 heteroatoms. The van der Waals surface area contributed by atoms with E-state index in [-0.39, 0.29) is 16.2 Å². The number of esters is 1. The maximum atomic E-state index is 13.9. The summed E-state index contributed by atoms with van der Waals surface area (Å²) in [5.41, 5.74) is 0. The summed E-state index contributed by atoms with van der Waals surface area (Å²) < 4.78 is 57.7. The number of hydrogen-bond donors (Lipinski definition) is 0. The molecule has 0 saturated heterocycles. The monoisotopic (exact) mass is 460 g/mol. The van der Waals surface area contributed by atoms with Crippen LogP contribution < -0.4 is 0 Å². The number of carbonyl (C=O) groups is 1. The van der Waals surface area contributed by atoms with Crippen LogP contribution >= 0.6 is 0 Å². The lowest BCUT2D eigenvalue weighted by molar-refractivity contribution is -0.139. The molecule has 0 fully saturated rings. The number of methoxy groups -OCH3 is 1. The molecule has 0 bridgehead atoms. The fourth-order valence-corrected chi connectivity index (χ4v) is 8.41. The zero-order valence-corrected chi connectivity index (χ0v) is 18.9. The molecule has 164 valence electrons. The summed E-state index contributed by atoms with van der Waals surface area (Å²) in [5, 5.41) is 0. The van der Waals surface area contributed by atoms with Crippen molar-refractivity contribution in [3.63, 3.8) is 0 Å². The quantitative estimate of drug-likeness (QED) is 0.340. The Morgan fingerprint density at radius 1 is 0.968 bits per heavy atom. The van der Waals surface area contributed by atoms with Crippen molar-refractivity contribution in [3.8, 4) is 11.8 Å². The highest BCUT2D eigenvalue weighted by molar-refractivity contribution is 8.10. The second-order valence-electron chi connectivity index (χ2n) is 6.75. The number of benzene rings is 2. The first-order valence-electron chi connectivity index (χ1n) is 9.39. The zero-order chi connectivity index (χ0) is 23.1. The summed E-state index contributed by atoms with van der Waals surface area (Å²) >= 11 is 0. The van der Waals surface area contributed by atoms with Crippen LogP contribution in [0.2, 0.25) is 0 Å². The molecule has 1 unspecified atom stereocenters. The Morgan fingerprint density at radius 2 is 1.42 bits per heavy atom. The number of hydrogen-bond acceptors (Lipinski definition) is 6. The van der Waals surface area contributed by atoms with Crippen molar-refractivity contribution in [3.05, 3.63) is 73.3 Å². The topological polar surface area (TPSA) is 94.6 Å². The molecule has 2 aromatic carbocycles. The molecule has 0 aromatic heterocycles. The normalized spacial score (nSPS) is 12.8. The molecule has 6 nitrogen and oxygen atoms in total. The van der Waals surface area contributed by atoms with Crippen molar-refractivity contribution < 1.29 is 26.4 Å².